The van der Waals surface area contributed by atoms with E-state index in [1.807, 2.05) is 0 Å². The van der Waals surface area contributed by atoms with Crippen LogP contribution in [0.4, 0.5) is 5.69 Å². The molecule has 1 unspecified atom stereocenters. The van der Waals surface area contributed by atoms with Crippen LogP contribution in [-0.4, -0.2) is 37.1 Å². The fourth-order valence-electron chi connectivity index (χ4n) is 2.77. The zero-order valence-corrected chi connectivity index (χ0v) is 14.1. The number of nitrogens with two attached hydrogens (primary N) is 1. The third-order valence-corrected chi connectivity index (χ3v) is 4.03. The molecule has 1 fully saturated rings. The van der Waals surface area contributed by atoms with Gasteiger partial charge >= 0.3 is 5.97 Å². The van der Waals surface area contributed by atoms with E-state index in [4.69, 9.17) is 10.5 Å². The molecule has 1 aliphatic heterocycles. The van der Waals surface area contributed by atoms with Gasteiger partial charge in [-0.2, -0.15) is 0 Å². The molecule has 1 aliphatic rings. The van der Waals surface area contributed by atoms with Crippen molar-refractivity contribution in [2.24, 2.45) is 5.92 Å². The van der Waals surface area contributed by atoms with Crippen LogP contribution in [0.2, 0.25) is 0 Å². The number of anilines is 1. The van der Waals surface area contributed by atoms with Crippen molar-refractivity contribution in [3.63, 3.8) is 0 Å². The quantitative estimate of drug-likeness (QED) is 0.643. The fourth-order valence-corrected chi connectivity index (χ4v) is 2.77. The predicted octanol–water partition coefficient (Wildman–Crippen LogP) is 3.36. The van der Waals surface area contributed by atoms with Crippen LogP contribution in [0, 0.1) is 5.92 Å². The van der Waals surface area contributed by atoms with Gasteiger partial charge in [0.1, 0.15) is 0 Å². The van der Waals surface area contributed by atoms with E-state index >= 15 is 0 Å². The van der Waals surface area contributed by atoms with Crippen molar-refractivity contribution in [2.75, 3.05) is 32.0 Å². The summed E-state index contributed by atoms with van der Waals surface area (Å²) < 4.78 is 5.45. The standard InChI is InChI=1S/C17H26N2O2.ClH/c1-2-3-10-19-11-4-5-14(12-19)13-21-17(20)15-6-8-16(18)9-7-15;/h6-9,14H,2-5,10-13,18H2,1H3;1H. The predicted molar refractivity (Wildman–Crippen MR) is 92.5 cm³/mol. The molecule has 0 aliphatic carbocycles. The van der Waals surface area contributed by atoms with Gasteiger partial charge in [-0.3, -0.25) is 0 Å². The number of unbranched alkanes of at least 4 members (excludes halogenated alkanes) is 1. The van der Waals surface area contributed by atoms with Crippen LogP contribution in [0.1, 0.15) is 43.0 Å². The molecular weight excluding hydrogens is 300 g/mol. The van der Waals surface area contributed by atoms with Gasteiger partial charge in [-0.15, -0.1) is 12.4 Å². The average Bonchev–Trinajstić information content (AvgIpc) is 2.52. The Hall–Kier alpha value is -1.26. The summed E-state index contributed by atoms with van der Waals surface area (Å²) in [6, 6.07) is 6.88. The van der Waals surface area contributed by atoms with Gasteiger partial charge in [0.25, 0.3) is 0 Å². The van der Waals surface area contributed by atoms with E-state index in [0.717, 1.165) is 13.0 Å². The summed E-state index contributed by atoms with van der Waals surface area (Å²) in [5.41, 5.74) is 6.85. The molecule has 0 radical (unpaired) electrons. The number of ether oxygens (including phenoxy) is 1. The summed E-state index contributed by atoms with van der Waals surface area (Å²) in [7, 11) is 0. The van der Waals surface area contributed by atoms with Gasteiger partial charge in [0.2, 0.25) is 0 Å². The first kappa shape index (κ1) is 18.8. The second-order valence-electron chi connectivity index (χ2n) is 5.88. The van der Waals surface area contributed by atoms with E-state index in [9.17, 15) is 4.79 Å². The molecule has 0 bridgehead atoms. The average molecular weight is 327 g/mol. The summed E-state index contributed by atoms with van der Waals surface area (Å²) in [5, 5.41) is 0. The molecule has 1 aromatic rings. The molecule has 4 nitrogen and oxygen atoms in total. The van der Waals surface area contributed by atoms with Gasteiger partial charge in [0, 0.05) is 18.2 Å². The molecule has 5 heteroatoms. The number of hydrogen-bond donors (Lipinski definition) is 1. The largest absolute Gasteiger partial charge is 0.462 e. The number of halogens is 1. The lowest BCUT2D eigenvalue weighted by atomic mass is 9.99. The normalized spacial score (nSPS) is 18.5. The van der Waals surface area contributed by atoms with Crippen molar-refractivity contribution in [1.29, 1.82) is 0 Å². The highest BCUT2D eigenvalue weighted by atomic mass is 35.5. The smallest absolute Gasteiger partial charge is 0.338 e. The number of nitrogens with zero attached hydrogens (tertiary/aromatic N) is 1. The van der Waals surface area contributed by atoms with Crippen LogP contribution >= 0.6 is 12.4 Å². The van der Waals surface area contributed by atoms with E-state index in [1.54, 1.807) is 24.3 Å². The first-order valence-corrected chi connectivity index (χ1v) is 7.94. The van der Waals surface area contributed by atoms with E-state index in [-0.39, 0.29) is 18.4 Å². The van der Waals surface area contributed by atoms with Crippen molar-refractivity contribution in [3.8, 4) is 0 Å². The molecular formula is C17H27ClN2O2. The summed E-state index contributed by atoms with van der Waals surface area (Å²) in [6.07, 6.45) is 4.83. The second kappa shape index (κ2) is 9.70. The van der Waals surface area contributed by atoms with Crippen LogP contribution in [0.5, 0.6) is 0 Å². The third kappa shape index (κ3) is 5.85. The fraction of sp³-hybridized carbons (Fsp3) is 0.588. The third-order valence-electron chi connectivity index (χ3n) is 4.03. The number of esters is 1. The summed E-state index contributed by atoms with van der Waals surface area (Å²) >= 11 is 0. The minimum absolute atomic E-state index is 0. The number of piperidine rings is 1. The first-order valence-electron chi connectivity index (χ1n) is 7.94. The molecule has 2 N–H and O–H groups in total. The summed E-state index contributed by atoms with van der Waals surface area (Å²) in [4.78, 5) is 14.5. The Morgan fingerprint density at radius 3 is 2.77 bits per heavy atom. The van der Waals surface area contributed by atoms with Crippen LogP contribution in [0.15, 0.2) is 24.3 Å². The minimum Gasteiger partial charge on any atom is -0.462 e. The van der Waals surface area contributed by atoms with Crippen molar-refractivity contribution in [2.45, 2.75) is 32.6 Å². The molecule has 0 aromatic heterocycles. The Bertz CT molecular complexity index is 450. The Kier molecular flexibility index (Phi) is 8.28. The molecule has 0 saturated carbocycles. The Balaban J connectivity index is 0.00000242. The molecule has 1 heterocycles. The number of likely N-dealkylation sites (tertiary alicyclic amines) is 1. The lowest BCUT2D eigenvalue weighted by Crippen LogP contribution is -2.38. The number of benzene rings is 1. The summed E-state index contributed by atoms with van der Waals surface area (Å²) in [6.45, 7) is 6.14. The van der Waals surface area contributed by atoms with Gasteiger partial charge in [-0.25, -0.2) is 4.79 Å². The monoisotopic (exact) mass is 326 g/mol. The van der Waals surface area contributed by atoms with E-state index in [1.165, 1.54) is 32.4 Å². The molecule has 0 spiro atoms. The zero-order valence-electron chi connectivity index (χ0n) is 13.3. The maximum absolute atomic E-state index is 12.0. The van der Waals surface area contributed by atoms with Crippen molar-refractivity contribution in [1.82, 2.24) is 4.90 Å². The highest BCUT2D eigenvalue weighted by Crippen LogP contribution is 2.18. The van der Waals surface area contributed by atoms with Crippen molar-refractivity contribution >= 4 is 24.1 Å². The maximum atomic E-state index is 12.0. The number of carbonyl (C=O) groups excluding carboxylic acids is 1. The minimum atomic E-state index is -0.249. The van der Waals surface area contributed by atoms with Crippen LogP contribution in [-0.2, 0) is 4.74 Å². The first-order chi connectivity index (χ1) is 10.2. The lowest BCUT2D eigenvalue weighted by molar-refractivity contribution is 0.0353. The topological polar surface area (TPSA) is 55.6 Å². The van der Waals surface area contributed by atoms with Gasteiger partial charge in [-0.1, -0.05) is 13.3 Å². The van der Waals surface area contributed by atoms with Gasteiger partial charge in [0.05, 0.1) is 12.2 Å². The molecule has 1 saturated heterocycles. The Morgan fingerprint density at radius 2 is 2.09 bits per heavy atom. The van der Waals surface area contributed by atoms with Crippen LogP contribution in [0.3, 0.4) is 0 Å². The molecule has 1 aromatic carbocycles. The number of rotatable bonds is 6. The molecule has 2 rings (SSSR count). The SMILES string of the molecule is CCCCN1CCCC(COC(=O)c2ccc(N)cc2)C1.Cl. The number of carbonyl (C=O) groups is 1. The Labute approximate surface area is 139 Å². The second-order valence-corrected chi connectivity index (χ2v) is 5.88. The van der Waals surface area contributed by atoms with E-state index in [2.05, 4.69) is 11.8 Å². The number of nitrogen functional groups attached to an aromatic ring is 1. The van der Waals surface area contributed by atoms with Crippen LogP contribution < -0.4 is 5.73 Å². The zero-order chi connectivity index (χ0) is 15.1. The number of hydrogen-bond acceptors (Lipinski definition) is 4. The summed E-state index contributed by atoms with van der Waals surface area (Å²) in [5.74, 6) is 0.217. The lowest BCUT2D eigenvalue weighted by Gasteiger charge is -2.32. The highest BCUT2D eigenvalue weighted by molar-refractivity contribution is 5.89. The van der Waals surface area contributed by atoms with Crippen molar-refractivity contribution < 1.29 is 9.53 Å². The maximum Gasteiger partial charge on any atom is 0.338 e. The van der Waals surface area contributed by atoms with Gasteiger partial charge in [-0.05, 0) is 56.6 Å². The highest BCUT2D eigenvalue weighted by Gasteiger charge is 2.21. The van der Waals surface area contributed by atoms with Gasteiger partial charge < -0.3 is 15.4 Å². The molecule has 0 amide bonds. The Morgan fingerprint density at radius 1 is 1.36 bits per heavy atom. The van der Waals surface area contributed by atoms with Crippen LogP contribution in [0.25, 0.3) is 0 Å². The van der Waals surface area contributed by atoms with Crippen molar-refractivity contribution in [3.05, 3.63) is 29.8 Å². The molecule has 1 atom stereocenters. The van der Waals surface area contributed by atoms with E-state index < -0.39 is 0 Å². The molecule has 22 heavy (non-hydrogen) atoms. The molecule has 124 valence electrons. The van der Waals surface area contributed by atoms with E-state index in [0.29, 0.717) is 23.8 Å². The van der Waals surface area contributed by atoms with Gasteiger partial charge in [0.15, 0.2) is 0 Å².